The van der Waals surface area contributed by atoms with Gasteiger partial charge >= 0.3 is 0 Å². The van der Waals surface area contributed by atoms with Crippen molar-refractivity contribution < 1.29 is 9.26 Å². The fourth-order valence-electron chi connectivity index (χ4n) is 3.06. The van der Waals surface area contributed by atoms with Gasteiger partial charge in [0.1, 0.15) is 0 Å². The Morgan fingerprint density at radius 1 is 1.30 bits per heavy atom. The van der Waals surface area contributed by atoms with Gasteiger partial charge in [0.25, 0.3) is 0 Å². The van der Waals surface area contributed by atoms with Crippen molar-refractivity contribution in [2.75, 3.05) is 32.8 Å². The van der Waals surface area contributed by atoms with Gasteiger partial charge in [-0.3, -0.25) is 4.90 Å². The van der Waals surface area contributed by atoms with E-state index in [0.29, 0.717) is 0 Å². The Bertz CT molecular complexity index is 454. The summed E-state index contributed by atoms with van der Waals surface area (Å²) < 4.78 is 11.1. The first-order chi connectivity index (χ1) is 9.59. The largest absolute Gasteiger partial charge is 0.378 e. The van der Waals surface area contributed by atoms with Gasteiger partial charge in [-0.05, 0) is 27.2 Å². The average Bonchev–Trinajstić information content (AvgIpc) is 3.08. The lowest BCUT2D eigenvalue weighted by Crippen LogP contribution is -2.52. The van der Waals surface area contributed by atoms with Gasteiger partial charge in [-0.2, -0.15) is 4.98 Å². The average molecular weight is 280 g/mol. The van der Waals surface area contributed by atoms with E-state index in [0.717, 1.165) is 50.9 Å². The molecular formula is C14H24N4O2. The summed E-state index contributed by atoms with van der Waals surface area (Å²) in [5.74, 6) is 1.76. The smallest absolute Gasteiger partial charge is 0.232 e. The Morgan fingerprint density at radius 3 is 2.70 bits per heavy atom. The number of nitrogens with one attached hydrogen (secondary N) is 1. The van der Waals surface area contributed by atoms with Crippen LogP contribution < -0.4 is 5.32 Å². The Balaban J connectivity index is 1.78. The standard InChI is InChI=1S/C14H24N4O2/c1-10-11(4-9-19-10)12-16-13(17-20-12)14(2,3)18-7-5-15-6-8-18/h10-11,15H,4-9H2,1-3H3. The van der Waals surface area contributed by atoms with Crippen LogP contribution in [-0.2, 0) is 10.3 Å². The van der Waals surface area contributed by atoms with E-state index in [9.17, 15) is 0 Å². The summed E-state index contributed by atoms with van der Waals surface area (Å²) in [7, 11) is 0. The van der Waals surface area contributed by atoms with Crippen LogP contribution in [0.25, 0.3) is 0 Å². The molecule has 112 valence electrons. The van der Waals surface area contributed by atoms with Crippen molar-refractivity contribution >= 4 is 0 Å². The highest BCUT2D eigenvalue weighted by Gasteiger charge is 2.37. The zero-order valence-electron chi connectivity index (χ0n) is 12.6. The molecule has 1 aromatic rings. The monoisotopic (exact) mass is 280 g/mol. The summed E-state index contributed by atoms with van der Waals surface area (Å²) in [6.45, 7) is 11.2. The Labute approximate surface area is 119 Å². The second kappa shape index (κ2) is 5.42. The molecule has 0 spiro atoms. The summed E-state index contributed by atoms with van der Waals surface area (Å²) >= 11 is 0. The molecule has 0 aromatic carbocycles. The zero-order chi connectivity index (χ0) is 14.2. The molecule has 1 N–H and O–H groups in total. The number of hydrogen-bond donors (Lipinski definition) is 1. The van der Waals surface area contributed by atoms with Crippen LogP contribution >= 0.6 is 0 Å². The van der Waals surface area contributed by atoms with Crippen LogP contribution in [0.1, 0.15) is 44.8 Å². The van der Waals surface area contributed by atoms with Gasteiger partial charge in [-0.25, -0.2) is 0 Å². The van der Waals surface area contributed by atoms with Crippen molar-refractivity contribution in [1.82, 2.24) is 20.4 Å². The lowest BCUT2D eigenvalue weighted by atomic mass is 10.00. The normalized spacial score (nSPS) is 28.9. The molecular weight excluding hydrogens is 256 g/mol. The molecule has 3 heterocycles. The van der Waals surface area contributed by atoms with Gasteiger partial charge in [-0.1, -0.05) is 5.16 Å². The van der Waals surface area contributed by atoms with Crippen LogP contribution in [0.2, 0.25) is 0 Å². The minimum Gasteiger partial charge on any atom is -0.378 e. The van der Waals surface area contributed by atoms with Crippen LogP contribution in [0.5, 0.6) is 0 Å². The Hall–Kier alpha value is -0.980. The number of rotatable bonds is 3. The van der Waals surface area contributed by atoms with E-state index in [4.69, 9.17) is 9.26 Å². The summed E-state index contributed by atoms with van der Waals surface area (Å²) in [6, 6.07) is 0. The third kappa shape index (κ3) is 2.47. The maximum atomic E-state index is 5.58. The Kier molecular flexibility index (Phi) is 3.79. The number of hydrogen-bond acceptors (Lipinski definition) is 6. The zero-order valence-corrected chi connectivity index (χ0v) is 12.6. The SMILES string of the molecule is CC1OCCC1c1nc(C(C)(C)N2CCNCC2)no1. The van der Waals surface area contributed by atoms with Crippen molar-refractivity contribution in [3.63, 3.8) is 0 Å². The minimum absolute atomic E-state index is 0.172. The third-order valence-electron chi connectivity index (χ3n) is 4.59. The van der Waals surface area contributed by atoms with Gasteiger partial charge in [0.05, 0.1) is 17.6 Å². The molecule has 0 saturated carbocycles. The van der Waals surface area contributed by atoms with E-state index in [1.807, 2.05) is 0 Å². The van der Waals surface area contributed by atoms with E-state index in [-0.39, 0.29) is 17.6 Å². The van der Waals surface area contributed by atoms with Crippen molar-refractivity contribution in [3.05, 3.63) is 11.7 Å². The summed E-state index contributed by atoms with van der Waals surface area (Å²) in [4.78, 5) is 7.08. The fraction of sp³-hybridized carbons (Fsp3) is 0.857. The molecule has 2 unspecified atom stereocenters. The van der Waals surface area contributed by atoms with Crippen LogP contribution in [-0.4, -0.2) is 53.9 Å². The molecule has 20 heavy (non-hydrogen) atoms. The first-order valence-corrected chi connectivity index (χ1v) is 7.50. The van der Waals surface area contributed by atoms with Crippen molar-refractivity contribution in [1.29, 1.82) is 0 Å². The maximum Gasteiger partial charge on any atom is 0.232 e. The van der Waals surface area contributed by atoms with Crippen LogP contribution in [0.3, 0.4) is 0 Å². The number of aromatic nitrogens is 2. The molecule has 2 saturated heterocycles. The predicted molar refractivity (Wildman–Crippen MR) is 74.5 cm³/mol. The lowest BCUT2D eigenvalue weighted by Gasteiger charge is -2.38. The molecule has 3 rings (SSSR count). The van der Waals surface area contributed by atoms with Crippen LogP contribution in [0.15, 0.2) is 4.52 Å². The van der Waals surface area contributed by atoms with Gasteiger partial charge in [0.15, 0.2) is 5.82 Å². The molecule has 0 bridgehead atoms. The number of nitrogens with zero attached hydrogens (tertiary/aromatic N) is 3. The van der Waals surface area contributed by atoms with E-state index < -0.39 is 0 Å². The summed E-state index contributed by atoms with van der Waals surface area (Å²) in [6.07, 6.45) is 1.14. The second-order valence-corrected chi connectivity index (χ2v) is 6.22. The highest BCUT2D eigenvalue weighted by molar-refractivity contribution is 5.06. The van der Waals surface area contributed by atoms with E-state index in [1.54, 1.807) is 0 Å². The van der Waals surface area contributed by atoms with Crippen LogP contribution in [0, 0.1) is 0 Å². The van der Waals surface area contributed by atoms with E-state index >= 15 is 0 Å². The molecule has 2 aliphatic heterocycles. The first-order valence-electron chi connectivity index (χ1n) is 7.50. The van der Waals surface area contributed by atoms with Gasteiger partial charge < -0.3 is 14.6 Å². The van der Waals surface area contributed by atoms with Gasteiger partial charge in [0, 0.05) is 32.8 Å². The second-order valence-electron chi connectivity index (χ2n) is 6.22. The third-order valence-corrected chi connectivity index (χ3v) is 4.59. The number of piperazine rings is 1. The molecule has 0 amide bonds. The summed E-state index contributed by atoms with van der Waals surface area (Å²) in [5, 5.41) is 7.61. The van der Waals surface area contributed by atoms with Crippen molar-refractivity contribution in [2.24, 2.45) is 0 Å². The molecule has 2 fully saturated rings. The molecule has 6 heteroatoms. The van der Waals surface area contributed by atoms with Gasteiger partial charge in [0.2, 0.25) is 5.89 Å². The lowest BCUT2D eigenvalue weighted by molar-refractivity contribution is 0.0924. The fourth-order valence-corrected chi connectivity index (χ4v) is 3.06. The molecule has 1 aromatic heterocycles. The van der Waals surface area contributed by atoms with E-state index in [1.165, 1.54) is 0 Å². The van der Waals surface area contributed by atoms with Crippen LogP contribution in [0.4, 0.5) is 0 Å². The Morgan fingerprint density at radius 2 is 2.05 bits per heavy atom. The predicted octanol–water partition coefficient (Wildman–Crippen LogP) is 1.10. The highest BCUT2D eigenvalue weighted by Crippen LogP contribution is 2.32. The molecule has 0 radical (unpaired) electrons. The molecule has 2 atom stereocenters. The molecule has 2 aliphatic rings. The maximum absolute atomic E-state index is 5.58. The molecule has 0 aliphatic carbocycles. The quantitative estimate of drug-likeness (QED) is 0.894. The van der Waals surface area contributed by atoms with Crippen molar-refractivity contribution in [3.8, 4) is 0 Å². The number of ether oxygens (including phenoxy) is 1. The van der Waals surface area contributed by atoms with Crippen molar-refractivity contribution in [2.45, 2.75) is 44.8 Å². The topological polar surface area (TPSA) is 63.4 Å². The van der Waals surface area contributed by atoms with Gasteiger partial charge in [-0.15, -0.1) is 0 Å². The summed E-state index contributed by atoms with van der Waals surface area (Å²) in [5.41, 5.74) is -0.188. The molecule has 6 nitrogen and oxygen atoms in total. The first kappa shape index (κ1) is 14.0. The highest BCUT2D eigenvalue weighted by atomic mass is 16.5. The minimum atomic E-state index is -0.188. The van der Waals surface area contributed by atoms with E-state index in [2.05, 4.69) is 41.1 Å².